The average molecular weight is 311 g/mol. The van der Waals surface area contributed by atoms with E-state index in [2.05, 4.69) is 4.74 Å². The van der Waals surface area contributed by atoms with Crippen LogP contribution >= 0.6 is 0 Å². The van der Waals surface area contributed by atoms with Gasteiger partial charge in [0, 0.05) is 6.08 Å². The lowest BCUT2D eigenvalue weighted by Gasteiger charge is -2.26. The first-order valence-electron chi connectivity index (χ1n) is 6.66. The molecule has 0 saturated carbocycles. The second-order valence-corrected chi connectivity index (χ2v) is 4.91. The van der Waals surface area contributed by atoms with Crippen LogP contribution in [0.25, 0.3) is 0 Å². The minimum absolute atomic E-state index is 0.385. The van der Waals surface area contributed by atoms with Gasteiger partial charge in [-0.3, -0.25) is 4.90 Å². The number of benzene rings is 1. The summed E-state index contributed by atoms with van der Waals surface area (Å²) < 4.78 is 30.8. The fourth-order valence-electron chi connectivity index (χ4n) is 2.61. The van der Waals surface area contributed by atoms with Gasteiger partial charge in [0.2, 0.25) is 0 Å². The molecule has 118 valence electrons. The Morgan fingerprint density at radius 2 is 2.05 bits per heavy atom. The van der Waals surface area contributed by atoms with E-state index in [0.29, 0.717) is 18.4 Å². The minimum Gasteiger partial charge on any atom is -0.466 e. The summed E-state index contributed by atoms with van der Waals surface area (Å²) in [5.41, 5.74) is 0.385. The number of rotatable bonds is 3. The van der Waals surface area contributed by atoms with Gasteiger partial charge < -0.3 is 9.84 Å². The summed E-state index contributed by atoms with van der Waals surface area (Å²) in [7, 11) is 1.22. The molecule has 0 bridgehead atoms. The molecule has 1 aromatic rings. The Balaban J connectivity index is 2.25. The van der Waals surface area contributed by atoms with Crippen LogP contribution in [0.3, 0.4) is 0 Å². The number of halogens is 2. The van der Waals surface area contributed by atoms with Crippen LogP contribution in [0, 0.1) is 11.6 Å². The Kier molecular flexibility index (Phi) is 4.75. The van der Waals surface area contributed by atoms with Gasteiger partial charge in [0.05, 0.1) is 19.2 Å². The van der Waals surface area contributed by atoms with Crippen molar-refractivity contribution >= 4 is 12.1 Å². The molecule has 1 N–H and O–H groups in total. The van der Waals surface area contributed by atoms with Crippen LogP contribution in [0.2, 0.25) is 0 Å². The molecule has 1 amide bonds. The number of carbonyl (C=O) groups is 2. The fourth-order valence-corrected chi connectivity index (χ4v) is 2.61. The molecule has 0 unspecified atom stereocenters. The van der Waals surface area contributed by atoms with E-state index < -0.39 is 35.8 Å². The molecule has 1 heterocycles. The fraction of sp³-hybridized carbons (Fsp3) is 0.333. The summed E-state index contributed by atoms with van der Waals surface area (Å²) in [5.74, 6) is -2.58. The maximum atomic E-state index is 13.3. The van der Waals surface area contributed by atoms with E-state index in [9.17, 15) is 23.5 Å². The average Bonchev–Trinajstić information content (AvgIpc) is 2.91. The molecule has 1 saturated heterocycles. The minimum atomic E-state index is -1.19. The number of nitrogens with zero attached hydrogens (tertiary/aromatic N) is 1. The number of hydrogen-bond donors (Lipinski definition) is 1. The van der Waals surface area contributed by atoms with Gasteiger partial charge in [0.25, 0.3) is 0 Å². The van der Waals surface area contributed by atoms with Gasteiger partial charge in [-0.25, -0.2) is 18.4 Å². The summed E-state index contributed by atoms with van der Waals surface area (Å²) in [5, 5.41) is 9.37. The first-order valence-corrected chi connectivity index (χ1v) is 6.66. The summed E-state index contributed by atoms with van der Waals surface area (Å²) in [4.78, 5) is 23.7. The first-order chi connectivity index (χ1) is 10.4. The van der Waals surface area contributed by atoms with Crippen LogP contribution in [0.15, 0.2) is 30.4 Å². The van der Waals surface area contributed by atoms with E-state index in [-0.39, 0.29) is 0 Å². The third-order valence-electron chi connectivity index (χ3n) is 3.63. The SMILES string of the molecule is COC(=O)/C=C/[C@H]1CC[C@@H](c2ccc(F)c(F)c2)N1C(=O)O. The molecule has 7 heteroatoms. The van der Waals surface area contributed by atoms with Crippen LogP contribution in [0.4, 0.5) is 13.6 Å². The first kappa shape index (κ1) is 15.9. The van der Waals surface area contributed by atoms with Gasteiger partial charge in [0.15, 0.2) is 11.6 Å². The van der Waals surface area contributed by atoms with Crippen molar-refractivity contribution in [3.8, 4) is 0 Å². The Morgan fingerprint density at radius 1 is 1.32 bits per heavy atom. The quantitative estimate of drug-likeness (QED) is 0.688. The smallest absolute Gasteiger partial charge is 0.408 e. The van der Waals surface area contributed by atoms with Crippen molar-refractivity contribution in [2.75, 3.05) is 7.11 Å². The van der Waals surface area contributed by atoms with E-state index in [1.807, 2.05) is 0 Å². The van der Waals surface area contributed by atoms with Gasteiger partial charge in [-0.1, -0.05) is 12.1 Å². The number of esters is 1. The lowest BCUT2D eigenvalue weighted by Crippen LogP contribution is -2.35. The second-order valence-electron chi connectivity index (χ2n) is 4.91. The van der Waals surface area contributed by atoms with E-state index in [4.69, 9.17) is 0 Å². The van der Waals surface area contributed by atoms with E-state index in [1.54, 1.807) is 0 Å². The monoisotopic (exact) mass is 311 g/mol. The number of methoxy groups -OCH3 is 1. The van der Waals surface area contributed by atoms with Crippen molar-refractivity contribution in [1.29, 1.82) is 0 Å². The zero-order valence-corrected chi connectivity index (χ0v) is 11.8. The largest absolute Gasteiger partial charge is 0.466 e. The van der Waals surface area contributed by atoms with Crippen molar-refractivity contribution in [2.24, 2.45) is 0 Å². The highest BCUT2D eigenvalue weighted by Gasteiger charge is 2.36. The van der Waals surface area contributed by atoms with Gasteiger partial charge >= 0.3 is 12.1 Å². The van der Waals surface area contributed by atoms with Crippen LogP contribution in [0.1, 0.15) is 24.4 Å². The predicted molar refractivity (Wildman–Crippen MR) is 73.1 cm³/mol. The standard InChI is InChI=1S/C15H15F2NO4/c1-22-14(19)7-4-10-3-6-13(18(10)15(20)21)9-2-5-11(16)12(17)8-9/h2,4-5,7-8,10,13H,3,6H2,1H3,(H,20,21)/b7-4+/t10-,13+/m1/s1. The zero-order valence-electron chi connectivity index (χ0n) is 11.8. The molecule has 0 aliphatic carbocycles. The number of amides is 1. The molecule has 1 aliphatic rings. The molecule has 2 rings (SSSR count). The van der Waals surface area contributed by atoms with Crippen molar-refractivity contribution in [3.63, 3.8) is 0 Å². The highest BCUT2D eigenvalue weighted by molar-refractivity contribution is 5.82. The van der Waals surface area contributed by atoms with Gasteiger partial charge in [0.1, 0.15) is 0 Å². The van der Waals surface area contributed by atoms with Gasteiger partial charge in [-0.2, -0.15) is 0 Å². The van der Waals surface area contributed by atoms with Crippen molar-refractivity contribution in [3.05, 3.63) is 47.5 Å². The van der Waals surface area contributed by atoms with E-state index in [0.717, 1.165) is 23.1 Å². The van der Waals surface area contributed by atoms with Gasteiger partial charge in [-0.15, -0.1) is 0 Å². The summed E-state index contributed by atoms with van der Waals surface area (Å²) in [6.45, 7) is 0. The summed E-state index contributed by atoms with van der Waals surface area (Å²) in [6.07, 6.45) is 2.34. The lowest BCUT2D eigenvalue weighted by atomic mass is 10.0. The molecule has 22 heavy (non-hydrogen) atoms. The number of carboxylic acid groups (broad SMARTS) is 1. The normalized spacial score (nSPS) is 21.3. The highest BCUT2D eigenvalue weighted by atomic mass is 19.2. The van der Waals surface area contributed by atoms with Crippen molar-refractivity contribution < 1.29 is 28.2 Å². The number of likely N-dealkylation sites (tertiary alicyclic amines) is 1. The van der Waals surface area contributed by atoms with Crippen molar-refractivity contribution in [2.45, 2.75) is 24.9 Å². The molecule has 1 fully saturated rings. The molecular weight excluding hydrogens is 296 g/mol. The molecule has 5 nitrogen and oxygen atoms in total. The molecule has 0 aromatic heterocycles. The summed E-state index contributed by atoms with van der Waals surface area (Å²) >= 11 is 0. The van der Waals surface area contributed by atoms with E-state index in [1.165, 1.54) is 19.3 Å². The van der Waals surface area contributed by atoms with Crippen LogP contribution < -0.4 is 0 Å². The van der Waals surface area contributed by atoms with E-state index >= 15 is 0 Å². The molecule has 2 atom stereocenters. The van der Waals surface area contributed by atoms with Gasteiger partial charge in [-0.05, 0) is 30.5 Å². The van der Waals surface area contributed by atoms with Crippen LogP contribution in [-0.4, -0.2) is 35.2 Å². The third-order valence-corrected chi connectivity index (χ3v) is 3.63. The Labute approximate surface area is 125 Å². The Morgan fingerprint density at radius 3 is 2.64 bits per heavy atom. The number of hydrogen-bond acceptors (Lipinski definition) is 3. The zero-order chi connectivity index (χ0) is 16.3. The Hall–Kier alpha value is -2.44. The van der Waals surface area contributed by atoms with Crippen LogP contribution in [0.5, 0.6) is 0 Å². The predicted octanol–water partition coefficient (Wildman–Crippen LogP) is 2.88. The van der Waals surface area contributed by atoms with Crippen LogP contribution in [-0.2, 0) is 9.53 Å². The maximum Gasteiger partial charge on any atom is 0.408 e. The lowest BCUT2D eigenvalue weighted by molar-refractivity contribution is -0.134. The Bertz CT molecular complexity index is 618. The topological polar surface area (TPSA) is 66.8 Å². The molecule has 0 radical (unpaired) electrons. The molecule has 1 aliphatic heterocycles. The molecule has 1 aromatic carbocycles. The molecule has 0 spiro atoms. The molecular formula is C15H15F2NO4. The highest BCUT2D eigenvalue weighted by Crippen LogP contribution is 2.37. The van der Waals surface area contributed by atoms with Crippen molar-refractivity contribution in [1.82, 2.24) is 4.90 Å². The number of carbonyl (C=O) groups excluding carboxylic acids is 1. The second kappa shape index (κ2) is 6.55. The summed E-state index contributed by atoms with van der Waals surface area (Å²) in [6, 6.07) is 2.24. The number of ether oxygens (including phenoxy) is 1. The third kappa shape index (κ3) is 3.24. The maximum absolute atomic E-state index is 13.3.